The summed E-state index contributed by atoms with van der Waals surface area (Å²) in [5, 5.41) is 6.23. The number of aryl methyl sites for hydroxylation is 1. The van der Waals surface area contributed by atoms with Crippen molar-refractivity contribution < 1.29 is 19.1 Å². The zero-order chi connectivity index (χ0) is 28.1. The molecule has 0 spiro atoms. The fraction of sp³-hybridized carbons (Fsp3) is 0.379. The van der Waals surface area contributed by atoms with E-state index in [0.29, 0.717) is 56.6 Å². The zero-order valence-corrected chi connectivity index (χ0v) is 23.1. The number of methoxy groups -OCH3 is 1. The van der Waals surface area contributed by atoms with Crippen LogP contribution in [0.25, 0.3) is 0 Å². The second-order valence-corrected chi connectivity index (χ2v) is 9.85. The van der Waals surface area contributed by atoms with Crippen LogP contribution in [0.1, 0.15) is 22.8 Å². The van der Waals surface area contributed by atoms with E-state index in [1.54, 1.807) is 36.3 Å². The summed E-state index contributed by atoms with van der Waals surface area (Å²) < 4.78 is 11.1. The number of nitrogens with zero attached hydrogens (tertiary/aromatic N) is 5. The van der Waals surface area contributed by atoms with Gasteiger partial charge >= 0.3 is 6.03 Å². The summed E-state index contributed by atoms with van der Waals surface area (Å²) in [4.78, 5) is 39.8. The van der Waals surface area contributed by atoms with Crippen molar-refractivity contribution in [2.45, 2.75) is 13.8 Å². The van der Waals surface area contributed by atoms with Crippen LogP contribution < -0.4 is 25.2 Å². The third kappa shape index (κ3) is 6.26. The second kappa shape index (κ2) is 12.2. The van der Waals surface area contributed by atoms with Gasteiger partial charge in [0.2, 0.25) is 5.95 Å². The van der Waals surface area contributed by atoms with Gasteiger partial charge in [-0.2, -0.15) is 4.98 Å². The number of aromatic nitrogens is 2. The van der Waals surface area contributed by atoms with E-state index in [2.05, 4.69) is 25.4 Å². The van der Waals surface area contributed by atoms with E-state index < -0.39 is 0 Å². The van der Waals surface area contributed by atoms with Gasteiger partial charge in [-0.15, -0.1) is 0 Å². The maximum atomic E-state index is 12.8. The lowest BCUT2D eigenvalue weighted by Gasteiger charge is -2.36. The lowest BCUT2D eigenvalue weighted by molar-refractivity contribution is 0.101. The highest BCUT2D eigenvalue weighted by molar-refractivity contribution is 5.95. The molecular weight excluding hydrogens is 510 g/mol. The summed E-state index contributed by atoms with van der Waals surface area (Å²) >= 11 is 0. The predicted molar refractivity (Wildman–Crippen MR) is 155 cm³/mol. The fourth-order valence-corrected chi connectivity index (χ4v) is 4.88. The molecule has 3 heterocycles. The highest BCUT2D eigenvalue weighted by Gasteiger charge is 2.24. The maximum Gasteiger partial charge on any atom is 0.321 e. The quantitative estimate of drug-likeness (QED) is 0.427. The molecule has 0 atom stereocenters. The number of morpholine rings is 1. The molecule has 2 aliphatic rings. The van der Waals surface area contributed by atoms with Crippen LogP contribution in [0.2, 0.25) is 0 Å². The van der Waals surface area contributed by atoms with Gasteiger partial charge in [0.05, 0.1) is 26.0 Å². The van der Waals surface area contributed by atoms with Gasteiger partial charge < -0.3 is 34.8 Å². The van der Waals surface area contributed by atoms with Crippen molar-refractivity contribution in [1.82, 2.24) is 14.9 Å². The number of piperazine rings is 1. The largest absolute Gasteiger partial charge is 0.495 e. The van der Waals surface area contributed by atoms with Gasteiger partial charge in [-0.25, -0.2) is 9.78 Å². The molecule has 0 radical (unpaired) electrons. The summed E-state index contributed by atoms with van der Waals surface area (Å²) in [5.74, 6) is 2.11. The number of rotatable bonds is 7. The Morgan fingerprint density at radius 2 is 1.62 bits per heavy atom. The molecule has 2 saturated heterocycles. The molecule has 11 heteroatoms. The second-order valence-electron chi connectivity index (χ2n) is 9.85. The normalized spacial score (nSPS) is 15.5. The van der Waals surface area contributed by atoms with Crippen LogP contribution in [0.4, 0.5) is 33.6 Å². The molecule has 2 fully saturated rings. The number of ketones is 1. The molecule has 1 aromatic heterocycles. The zero-order valence-electron chi connectivity index (χ0n) is 23.1. The molecule has 210 valence electrons. The van der Waals surface area contributed by atoms with Crippen LogP contribution in [0.3, 0.4) is 0 Å². The molecule has 11 nitrogen and oxygen atoms in total. The summed E-state index contributed by atoms with van der Waals surface area (Å²) in [6.45, 7) is 9.00. The first-order chi connectivity index (χ1) is 19.4. The van der Waals surface area contributed by atoms with Crippen LogP contribution >= 0.6 is 0 Å². The van der Waals surface area contributed by atoms with Gasteiger partial charge in [0.25, 0.3) is 0 Å². The van der Waals surface area contributed by atoms with Crippen molar-refractivity contribution in [1.29, 1.82) is 0 Å². The van der Waals surface area contributed by atoms with Gasteiger partial charge in [-0.3, -0.25) is 4.79 Å². The van der Waals surface area contributed by atoms with Crippen LogP contribution in [-0.2, 0) is 4.74 Å². The van der Waals surface area contributed by atoms with E-state index in [0.717, 1.165) is 41.6 Å². The molecule has 2 aromatic carbocycles. The minimum absolute atomic E-state index is 0.00576. The third-order valence-corrected chi connectivity index (χ3v) is 7.14. The van der Waals surface area contributed by atoms with E-state index in [9.17, 15) is 9.59 Å². The van der Waals surface area contributed by atoms with Gasteiger partial charge in [0.15, 0.2) is 5.78 Å². The molecule has 2 N–H and O–H groups in total. The highest BCUT2D eigenvalue weighted by atomic mass is 16.5. The van der Waals surface area contributed by atoms with E-state index in [1.807, 2.05) is 31.3 Å². The SMILES string of the molecule is COc1cc(Nc2ncc(C)c(N3CCN(C(=O)Nc4ccc(C(C)=O)cc4)CC3)n2)ccc1N1CCOCC1. The lowest BCUT2D eigenvalue weighted by atomic mass is 10.1. The standard InChI is InChI=1S/C29H35N7O4/c1-20-19-30-28(31-24-8-9-25(26(18-24)39-3)34-14-16-40-17-15-34)33-27(20)35-10-12-36(13-11-35)29(38)32-23-6-4-22(5-7-23)21(2)37/h4-9,18-19H,10-17H2,1-3H3,(H,32,38)(H,30,31,33). The van der Waals surface area contributed by atoms with Gasteiger partial charge in [0.1, 0.15) is 11.6 Å². The van der Waals surface area contributed by atoms with Crippen LogP contribution in [0, 0.1) is 6.92 Å². The number of hydrogen-bond acceptors (Lipinski definition) is 9. The molecule has 3 aromatic rings. The smallest absolute Gasteiger partial charge is 0.321 e. The van der Waals surface area contributed by atoms with E-state index in [-0.39, 0.29) is 11.8 Å². The Morgan fingerprint density at radius 1 is 0.925 bits per heavy atom. The van der Waals surface area contributed by atoms with Crippen molar-refractivity contribution >= 4 is 40.6 Å². The van der Waals surface area contributed by atoms with Crippen LogP contribution in [0.5, 0.6) is 5.75 Å². The molecule has 0 unspecified atom stereocenters. The maximum absolute atomic E-state index is 12.8. The number of amides is 2. The molecular formula is C29H35N7O4. The lowest BCUT2D eigenvalue weighted by Crippen LogP contribution is -2.50. The van der Waals surface area contributed by atoms with Gasteiger partial charge in [-0.05, 0) is 50.2 Å². The van der Waals surface area contributed by atoms with Gasteiger partial charge in [0, 0.05) is 74.0 Å². The topological polar surface area (TPSA) is 112 Å². The number of hydrogen-bond donors (Lipinski definition) is 2. The molecule has 2 amide bonds. The average Bonchev–Trinajstić information content (AvgIpc) is 2.99. The van der Waals surface area contributed by atoms with Crippen molar-refractivity contribution in [2.75, 3.05) is 80.0 Å². The summed E-state index contributed by atoms with van der Waals surface area (Å²) in [6.07, 6.45) is 1.81. The average molecular weight is 546 g/mol. The number of anilines is 5. The first-order valence-corrected chi connectivity index (χ1v) is 13.4. The number of carbonyl (C=O) groups is 2. The summed E-state index contributed by atoms with van der Waals surface area (Å²) in [5.41, 5.74) is 4.12. The third-order valence-electron chi connectivity index (χ3n) is 7.14. The van der Waals surface area contributed by atoms with Crippen molar-refractivity contribution in [2.24, 2.45) is 0 Å². The number of nitrogens with one attached hydrogen (secondary N) is 2. The molecule has 0 aliphatic carbocycles. The Morgan fingerprint density at radius 3 is 2.30 bits per heavy atom. The van der Waals surface area contributed by atoms with Crippen molar-refractivity contribution in [3.8, 4) is 5.75 Å². The fourth-order valence-electron chi connectivity index (χ4n) is 4.88. The highest BCUT2D eigenvalue weighted by Crippen LogP contribution is 2.33. The van der Waals surface area contributed by atoms with Crippen molar-refractivity contribution in [3.05, 3.63) is 59.8 Å². The molecule has 2 aliphatic heterocycles. The summed E-state index contributed by atoms with van der Waals surface area (Å²) in [6, 6.07) is 12.8. The minimum atomic E-state index is -0.161. The van der Waals surface area contributed by atoms with E-state index >= 15 is 0 Å². The Hall–Kier alpha value is -4.38. The number of urea groups is 1. The first kappa shape index (κ1) is 27.2. The predicted octanol–water partition coefficient (Wildman–Crippen LogP) is 3.93. The Kier molecular flexibility index (Phi) is 8.30. The molecule has 0 bridgehead atoms. The van der Waals surface area contributed by atoms with Crippen LogP contribution in [-0.4, -0.2) is 86.3 Å². The number of carbonyl (C=O) groups excluding carboxylic acids is 2. The van der Waals surface area contributed by atoms with E-state index in [1.165, 1.54) is 6.92 Å². The monoisotopic (exact) mass is 545 g/mol. The molecule has 5 rings (SSSR count). The number of benzene rings is 2. The Labute approximate surface area is 234 Å². The molecule has 0 saturated carbocycles. The van der Waals surface area contributed by atoms with E-state index in [4.69, 9.17) is 14.5 Å². The minimum Gasteiger partial charge on any atom is -0.495 e. The van der Waals surface area contributed by atoms with Crippen LogP contribution in [0.15, 0.2) is 48.7 Å². The number of ether oxygens (including phenoxy) is 2. The number of Topliss-reactive ketones (excluding diaryl/α,β-unsaturated/α-hetero) is 1. The first-order valence-electron chi connectivity index (χ1n) is 13.4. The Balaban J connectivity index is 1.21. The van der Waals surface area contributed by atoms with Crippen molar-refractivity contribution in [3.63, 3.8) is 0 Å². The molecule has 40 heavy (non-hydrogen) atoms. The summed E-state index contributed by atoms with van der Waals surface area (Å²) in [7, 11) is 1.67. The Bertz CT molecular complexity index is 1350. The van der Waals surface area contributed by atoms with Gasteiger partial charge in [-0.1, -0.05) is 0 Å².